The number of fused-ring (bicyclic) bond motifs is 1. The minimum absolute atomic E-state index is 0.00206. The van der Waals surface area contributed by atoms with Gasteiger partial charge in [-0.3, -0.25) is 4.79 Å². The van der Waals surface area contributed by atoms with E-state index in [1.54, 1.807) is 31.4 Å². The van der Waals surface area contributed by atoms with Crippen LogP contribution >= 0.6 is 11.6 Å². The zero-order valence-electron chi connectivity index (χ0n) is 17.8. The smallest absolute Gasteiger partial charge is 0.217 e. The monoisotopic (exact) mass is 458 g/mol. The van der Waals surface area contributed by atoms with Gasteiger partial charge in [0.25, 0.3) is 0 Å². The van der Waals surface area contributed by atoms with Crippen LogP contribution < -0.4 is 20.1 Å². The van der Waals surface area contributed by atoms with Crippen molar-refractivity contribution in [1.29, 1.82) is 0 Å². The number of hydrogen-bond donors (Lipinski definition) is 2. The summed E-state index contributed by atoms with van der Waals surface area (Å²) in [6, 6.07) is 8.49. The molecule has 2 aromatic carbocycles. The van der Waals surface area contributed by atoms with Crippen LogP contribution in [0.15, 0.2) is 36.7 Å². The third kappa shape index (κ3) is 4.85. The maximum Gasteiger partial charge on any atom is 0.217 e. The van der Waals surface area contributed by atoms with E-state index < -0.39 is 5.82 Å². The Balaban J connectivity index is 1.60. The van der Waals surface area contributed by atoms with Gasteiger partial charge in [0.1, 0.15) is 12.1 Å². The molecule has 1 aromatic heterocycles. The highest BCUT2D eigenvalue weighted by atomic mass is 35.5. The third-order valence-electron chi connectivity index (χ3n) is 5.50. The number of benzene rings is 2. The van der Waals surface area contributed by atoms with Crippen LogP contribution in [0.4, 0.5) is 15.9 Å². The SMILES string of the molecule is COc1cc2ncnc(Nc3cccc(Cl)c3F)c2cc1O[C@H]1CC[C@@H](NC(C)=O)CC1. The zero-order chi connectivity index (χ0) is 22.7. The molecule has 4 rings (SSSR count). The molecule has 0 radical (unpaired) electrons. The van der Waals surface area contributed by atoms with E-state index in [1.807, 2.05) is 0 Å². The van der Waals surface area contributed by atoms with E-state index in [-0.39, 0.29) is 28.8 Å². The molecule has 2 N–H and O–H groups in total. The number of anilines is 2. The number of nitrogens with one attached hydrogen (secondary N) is 2. The van der Waals surface area contributed by atoms with E-state index in [0.717, 1.165) is 25.7 Å². The molecule has 1 fully saturated rings. The summed E-state index contributed by atoms with van der Waals surface area (Å²) in [6.07, 6.45) is 4.73. The van der Waals surface area contributed by atoms with Gasteiger partial charge in [-0.15, -0.1) is 0 Å². The van der Waals surface area contributed by atoms with Gasteiger partial charge in [0, 0.05) is 24.4 Å². The van der Waals surface area contributed by atoms with Crippen molar-refractivity contribution < 1.29 is 18.7 Å². The first-order valence-corrected chi connectivity index (χ1v) is 10.8. The zero-order valence-corrected chi connectivity index (χ0v) is 18.6. The Bertz CT molecular complexity index is 1140. The van der Waals surface area contributed by atoms with Crippen molar-refractivity contribution >= 4 is 39.9 Å². The molecule has 0 aliphatic heterocycles. The number of halogens is 2. The topological polar surface area (TPSA) is 85.4 Å². The van der Waals surface area contributed by atoms with Crippen LogP contribution in [0.1, 0.15) is 32.6 Å². The van der Waals surface area contributed by atoms with Gasteiger partial charge in [0.05, 0.1) is 29.4 Å². The molecule has 32 heavy (non-hydrogen) atoms. The lowest BCUT2D eigenvalue weighted by molar-refractivity contribution is -0.120. The van der Waals surface area contributed by atoms with Gasteiger partial charge in [-0.25, -0.2) is 14.4 Å². The minimum Gasteiger partial charge on any atom is -0.493 e. The van der Waals surface area contributed by atoms with Crippen molar-refractivity contribution in [3.63, 3.8) is 0 Å². The molecular weight excluding hydrogens is 435 g/mol. The van der Waals surface area contributed by atoms with Crippen molar-refractivity contribution in [1.82, 2.24) is 15.3 Å². The Kier molecular flexibility index (Phi) is 6.60. The second-order valence-electron chi connectivity index (χ2n) is 7.76. The van der Waals surface area contributed by atoms with Crippen molar-refractivity contribution in [2.24, 2.45) is 0 Å². The predicted molar refractivity (Wildman–Crippen MR) is 121 cm³/mol. The fraction of sp³-hybridized carbons (Fsp3) is 0.348. The molecule has 0 bridgehead atoms. The third-order valence-corrected chi connectivity index (χ3v) is 5.79. The van der Waals surface area contributed by atoms with Crippen molar-refractivity contribution in [3.8, 4) is 11.5 Å². The van der Waals surface area contributed by atoms with Gasteiger partial charge in [0.15, 0.2) is 17.3 Å². The number of methoxy groups -OCH3 is 1. The van der Waals surface area contributed by atoms with Crippen molar-refractivity contribution in [3.05, 3.63) is 47.5 Å². The van der Waals surface area contributed by atoms with Gasteiger partial charge in [-0.05, 0) is 43.9 Å². The molecule has 1 aliphatic carbocycles. The largest absolute Gasteiger partial charge is 0.493 e. The van der Waals surface area contributed by atoms with E-state index in [0.29, 0.717) is 28.2 Å². The summed E-state index contributed by atoms with van der Waals surface area (Å²) in [5.41, 5.74) is 0.843. The summed E-state index contributed by atoms with van der Waals surface area (Å²) >= 11 is 5.90. The summed E-state index contributed by atoms with van der Waals surface area (Å²) in [6.45, 7) is 1.53. The van der Waals surface area contributed by atoms with Crippen LogP contribution in [0.2, 0.25) is 5.02 Å². The Labute approximate surface area is 190 Å². The normalized spacial score (nSPS) is 18.2. The first kappa shape index (κ1) is 22.1. The average Bonchev–Trinajstić information content (AvgIpc) is 2.78. The molecular formula is C23H24ClFN4O3. The lowest BCUT2D eigenvalue weighted by Gasteiger charge is -2.29. The van der Waals surface area contributed by atoms with Crippen LogP contribution in [0.3, 0.4) is 0 Å². The summed E-state index contributed by atoms with van der Waals surface area (Å²) in [5.74, 6) is 0.981. The molecule has 168 valence electrons. The number of hydrogen-bond acceptors (Lipinski definition) is 6. The average molecular weight is 459 g/mol. The van der Waals surface area contributed by atoms with E-state index in [2.05, 4.69) is 20.6 Å². The molecule has 1 saturated carbocycles. The van der Waals surface area contributed by atoms with Crippen molar-refractivity contribution in [2.45, 2.75) is 44.8 Å². The molecule has 3 aromatic rings. The summed E-state index contributed by atoms with van der Waals surface area (Å²) < 4.78 is 26.2. The summed E-state index contributed by atoms with van der Waals surface area (Å²) in [4.78, 5) is 19.9. The van der Waals surface area contributed by atoms with E-state index in [1.165, 1.54) is 19.3 Å². The first-order valence-electron chi connectivity index (χ1n) is 10.4. The Morgan fingerprint density at radius 1 is 1.16 bits per heavy atom. The number of amides is 1. The van der Waals surface area contributed by atoms with Gasteiger partial charge in [-0.2, -0.15) is 0 Å². The maximum atomic E-state index is 14.4. The van der Waals surface area contributed by atoms with Gasteiger partial charge in [-0.1, -0.05) is 17.7 Å². The second-order valence-corrected chi connectivity index (χ2v) is 8.17. The highest BCUT2D eigenvalue weighted by Gasteiger charge is 2.24. The molecule has 9 heteroatoms. The fourth-order valence-corrected chi connectivity index (χ4v) is 4.11. The number of aromatic nitrogens is 2. The predicted octanol–water partition coefficient (Wildman–Crippen LogP) is 5.00. The number of nitrogens with zero attached hydrogens (tertiary/aromatic N) is 2. The molecule has 0 saturated heterocycles. The Morgan fingerprint density at radius 3 is 2.66 bits per heavy atom. The molecule has 7 nitrogen and oxygen atoms in total. The fourth-order valence-electron chi connectivity index (χ4n) is 3.94. The van der Waals surface area contributed by atoms with E-state index >= 15 is 0 Å². The maximum absolute atomic E-state index is 14.4. The summed E-state index contributed by atoms with van der Waals surface area (Å²) in [7, 11) is 1.57. The lowest BCUT2D eigenvalue weighted by Crippen LogP contribution is -2.38. The number of ether oxygens (including phenoxy) is 2. The van der Waals surface area contributed by atoms with Crippen LogP contribution in [0.5, 0.6) is 11.5 Å². The van der Waals surface area contributed by atoms with E-state index in [9.17, 15) is 9.18 Å². The number of carbonyl (C=O) groups excluding carboxylic acids is 1. The lowest BCUT2D eigenvalue weighted by atomic mass is 9.93. The van der Waals surface area contributed by atoms with Gasteiger partial charge in [0.2, 0.25) is 5.91 Å². The standard InChI is InChI=1S/C23H24ClFN4O3/c1-13(30)28-14-6-8-15(9-7-14)32-21-10-16-19(11-20(21)31-2)26-12-27-23(16)29-18-5-3-4-17(24)22(18)25/h3-5,10-12,14-15H,6-9H2,1-2H3,(H,28,30)(H,26,27,29)/t14-,15+. The van der Waals surface area contributed by atoms with Crippen LogP contribution in [0, 0.1) is 5.82 Å². The molecule has 0 unspecified atom stereocenters. The molecule has 0 atom stereocenters. The van der Waals surface area contributed by atoms with Gasteiger partial charge < -0.3 is 20.1 Å². The number of rotatable bonds is 6. The Morgan fingerprint density at radius 2 is 1.94 bits per heavy atom. The molecule has 1 aliphatic rings. The van der Waals surface area contributed by atoms with Crippen LogP contribution in [-0.4, -0.2) is 35.1 Å². The van der Waals surface area contributed by atoms with Crippen molar-refractivity contribution in [2.75, 3.05) is 12.4 Å². The molecule has 0 spiro atoms. The highest BCUT2D eigenvalue weighted by molar-refractivity contribution is 6.31. The van der Waals surface area contributed by atoms with Crippen LogP contribution in [0.25, 0.3) is 10.9 Å². The second kappa shape index (κ2) is 9.56. The summed E-state index contributed by atoms with van der Waals surface area (Å²) in [5, 5.41) is 6.65. The van der Waals surface area contributed by atoms with Crippen LogP contribution in [-0.2, 0) is 4.79 Å². The van der Waals surface area contributed by atoms with Gasteiger partial charge >= 0.3 is 0 Å². The van der Waals surface area contributed by atoms with E-state index in [4.69, 9.17) is 21.1 Å². The minimum atomic E-state index is -0.554. The quantitative estimate of drug-likeness (QED) is 0.540. The molecule has 1 amide bonds. The first-order chi connectivity index (χ1) is 15.4. The highest BCUT2D eigenvalue weighted by Crippen LogP contribution is 2.37. The Hall–Kier alpha value is -3.13. The molecule has 1 heterocycles. The number of carbonyl (C=O) groups is 1.